The Hall–Kier alpha value is -2.68. The number of nitrogens with one attached hydrogen (secondary N) is 2. The molecule has 0 saturated heterocycles. The van der Waals surface area contributed by atoms with Crippen LogP contribution < -0.4 is 21.1 Å². The van der Waals surface area contributed by atoms with Gasteiger partial charge in [-0.25, -0.2) is 4.79 Å². The van der Waals surface area contributed by atoms with Crippen LogP contribution in [0.3, 0.4) is 0 Å². The molecular weight excluding hydrogens is 282 g/mol. The highest BCUT2D eigenvalue weighted by Gasteiger charge is 2.30. The van der Waals surface area contributed by atoms with E-state index in [-0.39, 0.29) is 6.61 Å². The van der Waals surface area contributed by atoms with Crippen LogP contribution in [0.1, 0.15) is 20.8 Å². The molecule has 0 fully saturated rings. The number of anilines is 1. The molecule has 3 amide bonds. The number of urea groups is 1. The van der Waals surface area contributed by atoms with Gasteiger partial charge in [0.2, 0.25) is 5.91 Å². The quantitative estimate of drug-likeness (QED) is 0.723. The molecule has 0 spiro atoms. The highest BCUT2D eigenvalue weighted by atomic mass is 16.5. The average Bonchev–Trinajstić information content (AvgIpc) is 2.42. The number of primary amides is 1. The van der Waals surface area contributed by atoms with Crippen molar-refractivity contribution in [2.75, 3.05) is 11.9 Å². The molecule has 1 aromatic rings. The summed E-state index contributed by atoms with van der Waals surface area (Å²) in [5.41, 5.74) is 5.40. The van der Waals surface area contributed by atoms with Crippen LogP contribution in [0.25, 0.3) is 0 Å². The first-order valence-electron chi connectivity index (χ1n) is 6.77. The van der Waals surface area contributed by atoms with Crippen molar-refractivity contribution in [1.29, 1.82) is 0 Å². The van der Waals surface area contributed by atoms with Crippen molar-refractivity contribution in [2.45, 2.75) is 26.8 Å². The minimum atomic E-state index is -0.772. The Morgan fingerprint density at radius 1 is 1.32 bits per heavy atom. The molecule has 6 nitrogen and oxygen atoms in total. The summed E-state index contributed by atoms with van der Waals surface area (Å²) in [6.45, 7) is 5.64. The Balaban J connectivity index is 2.65. The normalized spacial score (nSPS) is 11.9. The number of terminal acetylenes is 1. The van der Waals surface area contributed by atoms with Crippen LogP contribution in [0.2, 0.25) is 0 Å². The maximum Gasteiger partial charge on any atom is 0.319 e. The van der Waals surface area contributed by atoms with Gasteiger partial charge in [0.15, 0.2) is 0 Å². The molecule has 0 aromatic heterocycles. The second-order valence-electron chi connectivity index (χ2n) is 5.82. The molecule has 0 heterocycles. The Labute approximate surface area is 130 Å². The molecule has 0 unspecified atom stereocenters. The molecule has 22 heavy (non-hydrogen) atoms. The van der Waals surface area contributed by atoms with Gasteiger partial charge in [0, 0.05) is 5.69 Å². The molecule has 0 aliphatic carbocycles. The minimum Gasteiger partial charge on any atom is -0.481 e. The summed E-state index contributed by atoms with van der Waals surface area (Å²) in [6, 6.07) is 5.43. The third-order valence-electron chi connectivity index (χ3n) is 2.86. The van der Waals surface area contributed by atoms with Crippen LogP contribution in [-0.4, -0.2) is 24.6 Å². The molecule has 1 aromatic carbocycles. The summed E-state index contributed by atoms with van der Waals surface area (Å²) in [5.74, 6) is 2.39. The lowest BCUT2D eigenvalue weighted by atomic mass is 9.86. The zero-order chi connectivity index (χ0) is 16.8. The molecule has 0 radical (unpaired) electrons. The van der Waals surface area contributed by atoms with Gasteiger partial charge >= 0.3 is 6.03 Å². The molecule has 0 aliphatic rings. The number of rotatable bonds is 5. The van der Waals surface area contributed by atoms with Crippen molar-refractivity contribution in [3.63, 3.8) is 0 Å². The molecule has 0 aliphatic heterocycles. The zero-order valence-electron chi connectivity index (χ0n) is 13.0. The lowest BCUT2D eigenvalue weighted by Gasteiger charge is -2.28. The number of hydrogen-bond donors (Lipinski definition) is 3. The monoisotopic (exact) mass is 303 g/mol. The van der Waals surface area contributed by atoms with E-state index in [0.717, 1.165) is 0 Å². The maximum absolute atomic E-state index is 11.9. The molecule has 118 valence electrons. The van der Waals surface area contributed by atoms with Crippen molar-refractivity contribution >= 4 is 17.6 Å². The number of carbonyl (C=O) groups excluding carboxylic acids is 2. The molecule has 4 N–H and O–H groups in total. The van der Waals surface area contributed by atoms with Gasteiger partial charge in [-0.15, -0.1) is 6.42 Å². The standard InChI is InChI=1S/C16H21N3O3/c1-5-10-22-12-8-6-11(7-9-12)18-15(21)19-13(14(17)20)16(2,3)4/h1,6-9,13H,10H2,2-4H3,(H2,17,20)(H2,18,19,21)/t13-/m1/s1. The van der Waals surface area contributed by atoms with Crippen LogP contribution in [0.5, 0.6) is 5.75 Å². The van der Waals surface area contributed by atoms with E-state index in [4.69, 9.17) is 16.9 Å². The van der Waals surface area contributed by atoms with Gasteiger partial charge in [0.1, 0.15) is 18.4 Å². The first kappa shape index (κ1) is 17.4. The van der Waals surface area contributed by atoms with E-state index in [2.05, 4.69) is 16.6 Å². The van der Waals surface area contributed by atoms with E-state index in [1.165, 1.54) is 0 Å². The summed E-state index contributed by atoms with van der Waals surface area (Å²) < 4.78 is 5.23. The topological polar surface area (TPSA) is 93.4 Å². The molecule has 0 saturated carbocycles. The van der Waals surface area contributed by atoms with Crippen molar-refractivity contribution in [3.05, 3.63) is 24.3 Å². The molecule has 6 heteroatoms. The van der Waals surface area contributed by atoms with Crippen molar-refractivity contribution in [1.82, 2.24) is 5.32 Å². The smallest absolute Gasteiger partial charge is 0.319 e. The summed E-state index contributed by atoms with van der Waals surface area (Å²) in [6.07, 6.45) is 5.10. The summed E-state index contributed by atoms with van der Waals surface area (Å²) in [4.78, 5) is 23.4. The summed E-state index contributed by atoms with van der Waals surface area (Å²) in [7, 11) is 0. The Morgan fingerprint density at radius 2 is 1.91 bits per heavy atom. The number of nitrogens with two attached hydrogens (primary N) is 1. The van der Waals surface area contributed by atoms with E-state index in [9.17, 15) is 9.59 Å². The van der Waals surface area contributed by atoms with Crippen LogP contribution in [0, 0.1) is 17.8 Å². The van der Waals surface area contributed by atoms with Crippen molar-refractivity contribution in [2.24, 2.45) is 11.1 Å². The highest BCUT2D eigenvalue weighted by Crippen LogP contribution is 2.19. The van der Waals surface area contributed by atoms with Gasteiger partial charge in [-0.2, -0.15) is 0 Å². The highest BCUT2D eigenvalue weighted by molar-refractivity contribution is 5.93. The van der Waals surface area contributed by atoms with Gasteiger partial charge in [-0.3, -0.25) is 4.79 Å². The second kappa shape index (κ2) is 7.36. The number of amides is 3. The van der Waals surface area contributed by atoms with Gasteiger partial charge in [-0.1, -0.05) is 26.7 Å². The van der Waals surface area contributed by atoms with Gasteiger partial charge in [0.05, 0.1) is 0 Å². The van der Waals surface area contributed by atoms with Gasteiger partial charge in [-0.05, 0) is 29.7 Å². The predicted octanol–water partition coefficient (Wildman–Crippen LogP) is 1.72. The van der Waals surface area contributed by atoms with Crippen molar-refractivity contribution in [3.8, 4) is 18.1 Å². The predicted molar refractivity (Wildman–Crippen MR) is 85.4 cm³/mol. The Kier molecular flexibility index (Phi) is 5.81. The number of hydrogen-bond acceptors (Lipinski definition) is 3. The fourth-order valence-corrected chi connectivity index (χ4v) is 1.77. The number of benzene rings is 1. The van der Waals surface area contributed by atoms with Gasteiger partial charge < -0.3 is 21.1 Å². The van der Waals surface area contributed by atoms with Gasteiger partial charge in [0.25, 0.3) is 0 Å². The largest absolute Gasteiger partial charge is 0.481 e. The van der Waals surface area contributed by atoms with E-state index >= 15 is 0 Å². The maximum atomic E-state index is 11.9. The van der Waals surface area contributed by atoms with Crippen LogP contribution in [0.15, 0.2) is 24.3 Å². The minimum absolute atomic E-state index is 0.180. The third-order valence-corrected chi connectivity index (χ3v) is 2.86. The summed E-state index contributed by atoms with van der Waals surface area (Å²) in [5, 5.41) is 5.20. The Bertz CT molecular complexity index is 568. The molecule has 0 bridgehead atoms. The van der Waals surface area contributed by atoms with Crippen LogP contribution in [0.4, 0.5) is 10.5 Å². The Morgan fingerprint density at radius 3 is 2.36 bits per heavy atom. The zero-order valence-corrected chi connectivity index (χ0v) is 13.0. The average molecular weight is 303 g/mol. The van der Waals surface area contributed by atoms with E-state index in [1.807, 2.05) is 20.8 Å². The molecule has 1 rings (SSSR count). The third kappa shape index (κ3) is 5.37. The van der Waals surface area contributed by atoms with E-state index < -0.39 is 23.4 Å². The summed E-state index contributed by atoms with van der Waals surface area (Å²) >= 11 is 0. The van der Waals surface area contributed by atoms with Crippen LogP contribution >= 0.6 is 0 Å². The van der Waals surface area contributed by atoms with E-state index in [1.54, 1.807) is 24.3 Å². The lowest BCUT2D eigenvalue weighted by Crippen LogP contribution is -2.53. The first-order chi connectivity index (χ1) is 10.2. The fraction of sp³-hybridized carbons (Fsp3) is 0.375. The number of carbonyl (C=O) groups is 2. The molecular formula is C16H21N3O3. The SMILES string of the molecule is C#CCOc1ccc(NC(=O)N[C@H](C(N)=O)C(C)(C)C)cc1. The van der Waals surface area contributed by atoms with E-state index in [0.29, 0.717) is 11.4 Å². The molecule has 1 atom stereocenters. The van der Waals surface area contributed by atoms with Crippen molar-refractivity contribution < 1.29 is 14.3 Å². The number of ether oxygens (including phenoxy) is 1. The van der Waals surface area contributed by atoms with Crippen LogP contribution in [-0.2, 0) is 4.79 Å². The fourth-order valence-electron chi connectivity index (χ4n) is 1.77. The lowest BCUT2D eigenvalue weighted by molar-refractivity contribution is -0.122. The first-order valence-corrected chi connectivity index (χ1v) is 6.77. The second-order valence-corrected chi connectivity index (χ2v) is 5.82.